The molecule has 2 heterocycles. The molecule has 0 aliphatic heterocycles. The zero-order chi connectivity index (χ0) is 22.3. The van der Waals surface area contributed by atoms with Crippen LogP contribution in [0.15, 0.2) is 66.1 Å². The Hall–Kier alpha value is -2.84. The van der Waals surface area contributed by atoms with E-state index in [4.69, 9.17) is 9.72 Å². The van der Waals surface area contributed by atoms with E-state index in [0.29, 0.717) is 23.8 Å². The van der Waals surface area contributed by atoms with Crippen molar-refractivity contribution in [3.8, 4) is 5.75 Å². The third-order valence-corrected chi connectivity index (χ3v) is 6.84. The van der Waals surface area contributed by atoms with Gasteiger partial charge in [0.1, 0.15) is 5.75 Å². The van der Waals surface area contributed by atoms with Crippen molar-refractivity contribution < 1.29 is 9.53 Å². The number of nitrogens with zero attached hydrogens (tertiary/aromatic N) is 4. The van der Waals surface area contributed by atoms with Crippen molar-refractivity contribution in [3.63, 3.8) is 0 Å². The Morgan fingerprint density at radius 3 is 2.75 bits per heavy atom. The van der Waals surface area contributed by atoms with E-state index in [1.807, 2.05) is 60.2 Å². The van der Waals surface area contributed by atoms with Gasteiger partial charge in [0.25, 0.3) is 5.91 Å². The molecule has 0 radical (unpaired) electrons. The minimum atomic E-state index is -0.0345. The summed E-state index contributed by atoms with van der Waals surface area (Å²) < 4.78 is 8.65. The van der Waals surface area contributed by atoms with Crippen molar-refractivity contribution >= 4 is 44.4 Å². The molecule has 0 atom stereocenters. The summed E-state index contributed by atoms with van der Waals surface area (Å²) in [6.07, 6.45) is 6.29. The Labute approximate surface area is 196 Å². The van der Waals surface area contributed by atoms with Crippen LogP contribution in [0.2, 0.25) is 0 Å². The lowest BCUT2D eigenvalue weighted by Gasteiger charge is -2.20. The van der Waals surface area contributed by atoms with E-state index in [-0.39, 0.29) is 5.91 Å². The smallest absolute Gasteiger partial charge is 0.260 e. The highest BCUT2D eigenvalue weighted by Crippen LogP contribution is 2.32. The van der Waals surface area contributed by atoms with Crippen molar-refractivity contribution in [3.05, 3.63) is 66.7 Å². The number of thioether (sulfide) groups is 1. The number of imidazole rings is 1. The summed E-state index contributed by atoms with van der Waals surface area (Å²) in [5.41, 5.74) is 1.54. The lowest BCUT2D eigenvalue weighted by Crippen LogP contribution is -2.32. The molecule has 0 N–H and O–H groups in total. The summed E-state index contributed by atoms with van der Waals surface area (Å²) in [6, 6.07) is 13.7. The van der Waals surface area contributed by atoms with Crippen molar-refractivity contribution in [2.24, 2.45) is 0 Å². The number of carbonyl (C=O) groups is 1. The number of hydrogen-bond acceptors (Lipinski definition) is 6. The molecule has 2 aromatic carbocycles. The Kier molecular flexibility index (Phi) is 7.44. The molecule has 2 aromatic heterocycles. The molecule has 4 aromatic rings. The summed E-state index contributed by atoms with van der Waals surface area (Å²) in [5.74, 6) is 1.79. The van der Waals surface area contributed by atoms with Crippen LogP contribution in [0.25, 0.3) is 10.2 Å². The Morgan fingerprint density at radius 1 is 1.19 bits per heavy atom. The molecule has 0 spiro atoms. The zero-order valence-corrected chi connectivity index (χ0v) is 19.9. The molecule has 0 aliphatic carbocycles. The van der Waals surface area contributed by atoms with Gasteiger partial charge in [-0.15, -0.1) is 11.8 Å². The molecule has 8 heteroatoms. The standard InChI is InChI=1S/C24H26N4O2S2/c1-3-30-19-8-11-21-22(16-19)32-24(26-21)28(14-5-13-27-15-12-25-17-27)23(29)18-6-9-20(10-7-18)31-4-2/h6-12,15-17H,3-5,13-14H2,1-2H3. The van der Waals surface area contributed by atoms with Gasteiger partial charge in [0.2, 0.25) is 0 Å². The Morgan fingerprint density at radius 2 is 2.03 bits per heavy atom. The molecule has 1 amide bonds. The predicted molar refractivity (Wildman–Crippen MR) is 132 cm³/mol. The maximum atomic E-state index is 13.5. The van der Waals surface area contributed by atoms with Crippen LogP contribution in [0.1, 0.15) is 30.6 Å². The molecule has 4 rings (SSSR count). The molecular weight excluding hydrogens is 440 g/mol. The molecule has 0 aliphatic rings. The second-order valence-corrected chi connectivity index (χ2v) is 9.47. The van der Waals surface area contributed by atoms with Gasteiger partial charge in [-0.25, -0.2) is 9.97 Å². The van der Waals surface area contributed by atoms with Gasteiger partial charge < -0.3 is 9.30 Å². The van der Waals surface area contributed by atoms with E-state index in [1.54, 1.807) is 29.2 Å². The van der Waals surface area contributed by atoms with Crippen LogP contribution in [-0.2, 0) is 6.54 Å². The summed E-state index contributed by atoms with van der Waals surface area (Å²) in [4.78, 5) is 25.3. The Bertz CT molecular complexity index is 1160. The first-order chi connectivity index (χ1) is 15.7. The summed E-state index contributed by atoms with van der Waals surface area (Å²) in [5, 5.41) is 0.705. The number of fused-ring (bicyclic) bond motifs is 1. The highest BCUT2D eigenvalue weighted by Gasteiger charge is 2.21. The zero-order valence-electron chi connectivity index (χ0n) is 18.2. The van der Waals surface area contributed by atoms with Crippen LogP contribution in [0, 0.1) is 0 Å². The van der Waals surface area contributed by atoms with Crippen LogP contribution in [0.5, 0.6) is 5.75 Å². The summed E-state index contributed by atoms with van der Waals surface area (Å²) in [7, 11) is 0. The van der Waals surface area contributed by atoms with Crippen LogP contribution in [-0.4, -0.2) is 39.3 Å². The number of thiazole rings is 1. The molecule has 0 saturated carbocycles. The summed E-state index contributed by atoms with van der Waals surface area (Å²) in [6.45, 7) is 6.06. The molecule has 6 nitrogen and oxygen atoms in total. The molecule has 0 fully saturated rings. The average molecular weight is 467 g/mol. The van der Waals surface area contributed by atoms with E-state index < -0.39 is 0 Å². The first-order valence-electron chi connectivity index (χ1n) is 10.7. The van der Waals surface area contributed by atoms with Crippen molar-refractivity contribution in [1.29, 1.82) is 0 Å². The molecule has 0 unspecified atom stereocenters. The van der Waals surface area contributed by atoms with E-state index in [0.717, 1.165) is 34.7 Å². The normalized spacial score (nSPS) is 11.1. The quantitative estimate of drug-likeness (QED) is 0.279. The van der Waals surface area contributed by atoms with Gasteiger partial charge in [0.05, 0.1) is 23.2 Å². The number of aromatic nitrogens is 3. The van der Waals surface area contributed by atoms with Gasteiger partial charge in [-0.2, -0.15) is 0 Å². The fraction of sp³-hybridized carbons (Fsp3) is 0.292. The summed E-state index contributed by atoms with van der Waals surface area (Å²) >= 11 is 3.28. The molecular formula is C24H26N4O2S2. The number of amides is 1. The van der Waals surface area contributed by atoms with Crippen LogP contribution in [0.4, 0.5) is 5.13 Å². The number of carbonyl (C=O) groups excluding carboxylic acids is 1. The number of rotatable bonds is 10. The fourth-order valence-corrected chi connectivity index (χ4v) is 5.08. The number of benzene rings is 2. The predicted octanol–water partition coefficient (Wildman–Crippen LogP) is 5.74. The van der Waals surface area contributed by atoms with Crippen molar-refractivity contribution in [2.75, 3.05) is 23.8 Å². The largest absolute Gasteiger partial charge is 0.494 e. The van der Waals surface area contributed by atoms with Gasteiger partial charge in [0, 0.05) is 35.9 Å². The average Bonchev–Trinajstić information content (AvgIpc) is 3.47. The Balaban J connectivity index is 1.60. The van der Waals surface area contributed by atoms with Crippen LogP contribution in [0.3, 0.4) is 0 Å². The van der Waals surface area contributed by atoms with Gasteiger partial charge in [-0.3, -0.25) is 9.69 Å². The third-order valence-electron chi connectivity index (χ3n) is 4.91. The second kappa shape index (κ2) is 10.7. The van der Waals surface area contributed by atoms with E-state index >= 15 is 0 Å². The van der Waals surface area contributed by atoms with E-state index in [1.165, 1.54) is 16.2 Å². The van der Waals surface area contributed by atoms with Gasteiger partial charge >= 0.3 is 0 Å². The van der Waals surface area contributed by atoms with Crippen molar-refractivity contribution in [2.45, 2.75) is 31.7 Å². The van der Waals surface area contributed by atoms with Gasteiger partial charge in [-0.05, 0) is 61.6 Å². The molecule has 0 bridgehead atoms. The monoisotopic (exact) mass is 466 g/mol. The maximum absolute atomic E-state index is 13.5. The SMILES string of the molecule is CCOc1ccc2nc(N(CCCn3ccnc3)C(=O)c3ccc(SCC)cc3)sc2c1. The van der Waals surface area contributed by atoms with Crippen molar-refractivity contribution in [1.82, 2.24) is 14.5 Å². The topological polar surface area (TPSA) is 60.2 Å². The van der Waals surface area contributed by atoms with E-state index in [9.17, 15) is 4.79 Å². The number of hydrogen-bond donors (Lipinski definition) is 0. The van der Waals surface area contributed by atoms with Gasteiger partial charge in [-0.1, -0.05) is 18.3 Å². The third kappa shape index (κ3) is 5.31. The second-order valence-electron chi connectivity index (χ2n) is 7.13. The number of anilines is 1. The van der Waals surface area contributed by atoms with E-state index in [2.05, 4.69) is 11.9 Å². The fourth-order valence-electron chi connectivity index (χ4n) is 3.40. The highest BCUT2D eigenvalue weighted by molar-refractivity contribution is 7.99. The highest BCUT2D eigenvalue weighted by atomic mass is 32.2. The van der Waals surface area contributed by atoms with Crippen LogP contribution >= 0.6 is 23.1 Å². The first kappa shape index (κ1) is 22.4. The molecule has 166 valence electrons. The lowest BCUT2D eigenvalue weighted by atomic mass is 10.2. The lowest BCUT2D eigenvalue weighted by molar-refractivity contribution is 0.0986. The number of aryl methyl sites for hydroxylation is 1. The minimum Gasteiger partial charge on any atom is -0.494 e. The minimum absolute atomic E-state index is 0.0345. The molecule has 0 saturated heterocycles. The first-order valence-corrected chi connectivity index (χ1v) is 12.5. The maximum Gasteiger partial charge on any atom is 0.260 e. The van der Waals surface area contributed by atoms with Gasteiger partial charge in [0.15, 0.2) is 5.13 Å². The molecule has 32 heavy (non-hydrogen) atoms. The van der Waals surface area contributed by atoms with Crippen LogP contribution < -0.4 is 9.64 Å². The number of ether oxygens (including phenoxy) is 1.